The summed E-state index contributed by atoms with van der Waals surface area (Å²) in [6, 6.07) is 12.0. The van der Waals surface area contributed by atoms with Gasteiger partial charge >= 0.3 is 5.97 Å². The minimum absolute atomic E-state index is 0.0116. The van der Waals surface area contributed by atoms with Gasteiger partial charge in [0.25, 0.3) is 5.91 Å². The predicted molar refractivity (Wildman–Crippen MR) is 93.8 cm³/mol. The zero-order valence-corrected chi connectivity index (χ0v) is 14.5. The van der Waals surface area contributed by atoms with Gasteiger partial charge in [-0.25, -0.2) is 18.0 Å². The quantitative estimate of drug-likeness (QED) is 0.515. The van der Waals surface area contributed by atoms with E-state index in [9.17, 15) is 22.8 Å². The molecule has 0 aliphatic carbocycles. The third kappa shape index (κ3) is 4.03. The molecule has 3 rings (SSSR count). The fraction of sp³-hybridized carbons (Fsp3) is 0.105. The second-order valence-electron chi connectivity index (χ2n) is 5.79. The molecule has 0 radical (unpaired) electrons. The van der Waals surface area contributed by atoms with Gasteiger partial charge < -0.3 is 10.1 Å². The lowest BCUT2D eigenvalue weighted by Gasteiger charge is -2.13. The van der Waals surface area contributed by atoms with E-state index in [0.29, 0.717) is 11.8 Å². The van der Waals surface area contributed by atoms with Crippen LogP contribution in [0.3, 0.4) is 0 Å². The van der Waals surface area contributed by atoms with Gasteiger partial charge in [-0.3, -0.25) is 9.89 Å². The van der Waals surface area contributed by atoms with Crippen LogP contribution in [-0.2, 0) is 9.53 Å². The molecular weight excluding hydrogens is 375 g/mol. The highest BCUT2D eigenvalue weighted by Crippen LogP contribution is 2.20. The second kappa shape index (κ2) is 7.95. The van der Waals surface area contributed by atoms with Gasteiger partial charge in [-0.15, -0.1) is 0 Å². The van der Waals surface area contributed by atoms with Gasteiger partial charge in [-0.05, 0) is 25.1 Å². The number of carbonyl (C=O) groups is 2. The number of benzene rings is 2. The first-order chi connectivity index (χ1) is 13.4. The Morgan fingerprint density at radius 3 is 2.50 bits per heavy atom. The molecule has 1 aromatic heterocycles. The van der Waals surface area contributed by atoms with Crippen LogP contribution >= 0.6 is 0 Å². The summed E-state index contributed by atoms with van der Waals surface area (Å²) in [5, 5.41) is 8.56. The Kier molecular flexibility index (Phi) is 5.44. The van der Waals surface area contributed by atoms with Gasteiger partial charge in [0.05, 0.1) is 11.4 Å². The average Bonchev–Trinajstić information content (AvgIpc) is 3.19. The number of anilines is 1. The number of amides is 1. The molecule has 1 heterocycles. The van der Waals surface area contributed by atoms with E-state index < -0.39 is 41.1 Å². The van der Waals surface area contributed by atoms with Crippen molar-refractivity contribution in [1.82, 2.24) is 10.2 Å². The highest BCUT2D eigenvalue weighted by atomic mass is 19.2. The first kappa shape index (κ1) is 19.2. The Bertz CT molecular complexity index is 1020. The van der Waals surface area contributed by atoms with Crippen molar-refractivity contribution in [3.8, 4) is 11.3 Å². The molecule has 0 aliphatic heterocycles. The van der Waals surface area contributed by atoms with Crippen LogP contribution in [0.4, 0.5) is 18.9 Å². The normalized spacial score (nSPS) is 11.7. The van der Waals surface area contributed by atoms with Crippen molar-refractivity contribution in [1.29, 1.82) is 0 Å². The Morgan fingerprint density at radius 2 is 1.79 bits per heavy atom. The molecule has 28 heavy (non-hydrogen) atoms. The number of rotatable bonds is 5. The van der Waals surface area contributed by atoms with Gasteiger partial charge in [0, 0.05) is 5.56 Å². The lowest BCUT2D eigenvalue weighted by atomic mass is 10.1. The van der Waals surface area contributed by atoms with Gasteiger partial charge in [0.2, 0.25) is 0 Å². The number of aromatic amines is 1. The minimum Gasteiger partial charge on any atom is -0.448 e. The first-order valence-corrected chi connectivity index (χ1v) is 8.13. The van der Waals surface area contributed by atoms with Crippen LogP contribution in [0.5, 0.6) is 0 Å². The molecule has 1 atom stereocenters. The lowest BCUT2D eigenvalue weighted by molar-refractivity contribution is -0.123. The molecule has 1 amide bonds. The van der Waals surface area contributed by atoms with Crippen LogP contribution in [0.2, 0.25) is 0 Å². The molecule has 0 bridgehead atoms. The number of ether oxygens (including phenoxy) is 1. The van der Waals surface area contributed by atoms with Crippen molar-refractivity contribution in [3.05, 3.63) is 71.7 Å². The van der Waals surface area contributed by atoms with E-state index in [2.05, 4.69) is 10.2 Å². The molecule has 0 fully saturated rings. The summed E-state index contributed by atoms with van der Waals surface area (Å²) in [7, 11) is 0. The van der Waals surface area contributed by atoms with Crippen molar-refractivity contribution >= 4 is 17.6 Å². The van der Waals surface area contributed by atoms with E-state index in [1.54, 1.807) is 12.1 Å². The predicted octanol–water partition coefficient (Wildman–Crippen LogP) is 3.68. The van der Waals surface area contributed by atoms with Crippen LogP contribution in [0.25, 0.3) is 11.3 Å². The maximum atomic E-state index is 13.6. The highest BCUT2D eigenvalue weighted by Gasteiger charge is 2.23. The second-order valence-corrected chi connectivity index (χ2v) is 5.79. The Morgan fingerprint density at radius 1 is 1.07 bits per heavy atom. The van der Waals surface area contributed by atoms with E-state index in [-0.39, 0.29) is 5.69 Å². The van der Waals surface area contributed by atoms with E-state index in [0.717, 1.165) is 11.6 Å². The number of nitrogens with zero attached hydrogens (tertiary/aromatic N) is 1. The Hall–Kier alpha value is -3.62. The zero-order valence-electron chi connectivity index (χ0n) is 14.5. The minimum atomic E-state index is -1.71. The van der Waals surface area contributed by atoms with E-state index in [1.165, 1.54) is 13.0 Å². The first-order valence-electron chi connectivity index (χ1n) is 8.13. The number of H-pyrrole nitrogens is 1. The summed E-state index contributed by atoms with van der Waals surface area (Å²) in [5.74, 6) is -6.42. The van der Waals surface area contributed by atoms with E-state index in [1.807, 2.05) is 23.5 Å². The zero-order chi connectivity index (χ0) is 20.3. The molecule has 0 aliphatic rings. The van der Waals surface area contributed by atoms with Crippen LogP contribution in [0.1, 0.15) is 17.4 Å². The highest BCUT2D eigenvalue weighted by molar-refractivity contribution is 5.97. The number of hydrogen-bond acceptors (Lipinski definition) is 4. The van der Waals surface area contributed by atoms with Crippen LogP contribution < -0.4 is 5.32 Å². The molecule has 2 aromatic carbocycles. The molecule has 2 N–H and O–H groups in total. The summed E-state index contributed by atoms with van der Waals surface area (Å²) < 4.78 is 44.8. The van der Waals surface area contributed by atoms with Crippen LogP contribution in [-0.4, -0.2) is 28.2 Å². The fourth-order valence-corrected chi connectivity index (χ4v) is 2.32. The molecule has 0 spiro atoms. The lowest BCUT2D eigenvalue weighted by Crippen LogP contribution is -2.30. The maximum Gasteiger partial charge on any atom is 0.357 e. The smallest absolute Gasteiger partial charge is 0.357 e. The number of halogens is 3. The summed E-state index contributed by atoms with van der Waals surface area (Å²) in [6.45, 7) is 1.25. The monoisotopic (exact) mass is 389 g/mol. The molecule has 0 unspecified atom stereocenters. The fourth-order valence-electron chi connectivity index (χ4n) is 2.32. The third-order valence-electron chi connectivity index (χ3n) is 3.81. The standard InChI is InChI=1S/C19H14F3N3O3/c1-10(18(26)23-13-8-7-12(20)16(21)17(13)22)28-19(27)15-9-14(24-25-15)11-5-3-2-4-6-11/h2-10H,1H3,(H,23,26)(H,24,25)/t10-/m0/s1. The van der Waals surface area contributed by atoms with Crippen molar-refractivity contribution in [2.45, 2.75) is 13.0 Å². The summed E-state index contributed by atoms with van der Waals surface area (Å²) in [4.78, 5) is 24.2. The Balaban J connectivity index is 1.65. The van der Waals surface area contributed by atoms with Crippen molar-refractivity contribution < 1.29 is 27.5 Å². The Labute approximate surface area is 157 Å². The molecular formula is C19H14F3N3O3. The molecule has 6 nitrogen and oxygen atoms in total. The van der Waals surface area contributed by atoms with E-state index >= 15 is 0 Å². The van der Waals surface area contributed by atoms with Crippen LogP contribution in [0.15, 0.2) is 48.5 Å². The summed E-state index contributed by atoms with van der Waals surface area (Å²) in [6.07, 6.45) is -1.33. The topological polar surface area (TPSA) is 84.1 Å². The number of carbonyl (C=O) groups excluding carboxylic acids is 2. The summed E-state index contributed by atoms with van der Waals surface area (Å²) in [5.41, 5.74) is 0.725. The number of esters is 1. The van der Waals surface area contributed by atoms with Gasteiger partial charge in [-0.2, -0.15) is 5.10 Å². The largest absolute Gasteiger partial charge is 0.448 e. The molecule has 0 saturated carbocycles. The molecule has 144 valence electrons. The molecule has 3 aromatic rings. The number of aromatic nitrogens is 2. The molecule has 0 saturated heterocycles. The van der Waals surface area contributed by atoms with Crippen molar-refractivity contribution in [3.63, 3.8) is 0 Å². The van der Waals surface area contributed by atoms with Crippen molar-refractivity contribution in [2.24, 2.45) is 0 Å². The number of nitrogens with one attached hydrogen (secondary N) is 2. The van der Waals surface area contributed by atoms with Crippen LogP contribution in [0, 0.1) is 17.5 Å². The third-order valence-corrected chi connectivity index (χ3v) is 3.81. The van der Waals surface area contributed by atoms with E-state index in [4.69, 9.17) is 4.74 Å². The van der Waals surface area contributed by atoms with Gasteiger partial charge in [0.15, 0.2) is 23.6 Å². The number of hydrogen-bond donors (Lipinski definition) is 2. The summed E-state index contributed by atoms with van der Waals surface area (Å²) >= 11 is 0. The average molecular weight is 389 g/mol. The van der Waals surface area contributed by atoms with Gasteiger partial charge in [-0.1, -0.05) is 30.3 Å². The maximum absolute atomic E-state index is 13.6. The molecule has 9 heteroatoms. The SMILES string of the molecule is C[C@H](OC(=O)c1cc(-c2ccccc2)n[nH]1)C(=O)Nc1ccc(F)c(F)c1F. The van der Waals surface area contributed by atoms with Gasteiger partial charge in [0.1, 0.15) is 5.69 Å². The van der Waals surface area contributed by atoms with Crippen molar-refractivity contribution in [2.75, 3.05) is 5.32 Å².